The molecule has 0 spiro atoms. The van der Waals surface area contributed by atoms with Gasteiger partial charge < -0.3 is 9.97 Å². The van der Waals surface area contributed by atoms with Crippen molar-refractivity contribution in [3.63, 3.8) is 0 Å². The van der Waals surface area contributed by atoms with E-state index in [1.807, 2.05) is 6.07 Å². The second-order valence-electron chi connectivity index (χ2n) is 8.83. The van der Waals surface area contributed by atoms with E-state index in [9.17, 15) is 0 Å². The number of fused-ring (bicyclic) bond motifs is 3. The molecule has 191 valence electrons. The molecule has 0 amide bonds. The molecule has 0 bridgehead atoms. The van der Waals surface area contributed by atoms with Gasteiger partial charge in [-0.25, -0.2) is 0 Å². The molecule has 2 nitrogen and oxygen atoms in total. The molecule has 3 heterocycles. The number of aromatic nitrogens is 2. The first-order valence-corrected chi connectivity index (χ1v) is 13.2. The Morgan fingerprint density at radius 3 is 2.53 bits per heavy atom. The van der Waals surface area contributed by atoms with E-state index >= 15 is 0 Å². The second kappa shape index (κ2) is 12.6. The summed E-state index contributed by atoms with van der Waals surface area (Å²) in [7, 11) is 0. The predicted molar refractivity (Wildman–Crippen MR) is 156 cm³/mol. The van der Waals surface area contributed by atoms with Gasteiger partial charge in [-0.15, -0.1) is 59.7 Å². The van der Waals surface area contributed by atoms with Crippen LogP contribution in [-0.2, 0) is 20.1 Å². The minimum Gasteiger partial charge on any atom is -0.305 e. The monoisotopic (exact) mass is 696 g/mol. The number of nitrogens with zero attached hydrogens (tertiary/aromatic N) is 2. The Labute approximate surface area is 252 Å². The van der Waals surface area contributed by atoms with Crippen molar-refractivity contribution in [3.8, 4) is 22.5 Å². The van der Waals surface area contributed by atoms with E-state index in [0.717, 1.165) is 46.9 Å². The molecule has 1 saturated carbocycles. The second-order valence-corrected chi connectivity index (χ2v) is 9.85. The van der Waals surface area contributed by atoms with Crippen LogP contribution in [0.3, 0.4) is 0 Å². The van der Waals surface area contributed by atoms with E-state index in [2.05, 4.69) is 46.4 Å². The van der Waals surface area contributed by atoms with Gasteiger partial charge in [-0.1, -0.05) is 67.0 Å². The molecule has 0 unspecified atom stereocenters. The van der Waals surface area contributed by atoms with E-state index in [4.69, 9.17) is 9.60 Å². The van der Waals surface area contributed by atoms with E-state index < -0.39 is 5.89 Å². The molecule has 0 saturated heterocycles. The summed E-state index contributed by atoms with van der Waals surface area (Å²) < 4.78 is 57.6. The quantitative estimate of drug-likeness (QED) is 0.173. The van der Waals surface area contributed by atoms with Gasteiger partial charge in [0.15, 0.2) is 0 Å². The summed E-state index contributed by atoms with van der Waals surface area (Å²) in [6.45, 7) is 0. The number of pyridine rings is 2. The molecule has 0 N–H and O–H groups in total. The molecule has 1 aliphatic rings. The minimum atomic E-state index is -0.511. The van der Waals surface area contributed by atoms with Crippen molar-refractivity contribution in [2.45, 2.75) is 38.0 Å². The molecular weight excluding hydrogens is 661 g/mol. The van der Waals surface area contributed by atoms with Gasteiger partial charge in [0, 0.05) is 38.5 Å². The van der Waals surface area contributed by atoms with Crippen LogP contribution in [0.1, 0.15) is 53.2 Å². The smallest absolute Gasteiger partial charge is 0.0830 e. The molecule has 1 radical (unpaired) electrons. The molecule has 7 rings (SSSR count). The Balaban J connectivity index is 0.000000202. The third kappa shape index (κ3) is 5.63. The van der Waals surface area contributed by atoms with E-state index in [-0.39, 0.29) is 62.2 Å². The Morgan fingerprint density at radius 2 is 1.66 bits per heavy atom. The van der Waals surface area contributed by atoms with Crippen molar-refractivity contribution in [3.05, 3.63) is 121 Å². The van der Waals surface area contributed by atoms with Gasteiger partial charge in [-0.2, -0.15) is 11.3 Å². The van der Waals surface area contributed by atoms with Crippen molar-refractivity contribution in [1.29, 1.82) is 0 Å². The van der Waals surface area contributed by atoms with Gasteiger partial charge in [0.05, 0.1) is 8.22 Å². The fourth-order valence-corrected chi connectivity index (χ4v) is 6.14. The summed E-state index contributed by atoms with van der Waals surface area (Å²) in [5.41, 5.74) is 3.21. The first-order chi connectivity index (χ1) is 21.2. The van der Waals surface area contributed by atoms with Gasteiger partial charge >= 0.3 is 0 Å². The number of benzene rings is 3. The van der Waals surface area contributed by atoms with Crippen LogP contribution in [0.25, 0.3) is 42.7 Å². The van der Waals surface area contributed by atoms with Crippen molar-refractivity contribution in [2.24, 2.45) is 0 Å². The third-order valence-electron chi connectivity index (χ3n) is 6.52. The van der Waals surface area contributed by atoms with Crippen molar-refractivity contribution < 1.29 is 29.7 Å². The van der Waals surface area contributed by atoms with Crippen LogP contribution in [0.5, 0.6) is 0 Å². The van der Waals surface area contributed by atoms with Gasteiger partial charge in [0.1, 0.15) is 0 Å². The molecule has 1 aliphatic carbocycles. The molecule has 6 aromatic rings. The topological polar surface area (TPSA) is 25.8 Å². The Morgan fingerprint density at radius 1 is 0.789 bits per heavy atom. The Hall–Kier alpha value is -3.17. The molecule has 3 aromatic carbocycles. The van der Waals surface area contributed by atoms with Crippen LogP contribution in [0.15, 0.2) is 103 Å². The van der Waals surface area contributed by atoms with Crippen molar-refractivity contribution in [1.82, 2.24) is 9.97 Å². The van der Waals surface area contributed by atoms with Crippen LogP contribution in [0.2, 0.25) is 0 Å². The van der Waals surface area contributed by atoms with Gasteiger partial charge in [0.2, 0.25) is 0 Å². The maximum atomic E-state index is 9.13. The summed E-state index contributed by atoms with van der Waals surface area (Å²) >= 11 is 1.68. The van der Waals surface area contributed by atoms with Crippen molar-refractivity contribution >= 4 is 31.5 Å². The minimum absolute atomic E-state index is 0. The standard InChI is InChI=1S/C23H20NS.C11H8N.Ir/c1-2-8-16(9-3-1)17-10-6-11-18-19-12-7-13-20(23(19)25-22(17)18)21-14-4-5-15-24-21;1-2-6-10(7-3-1)11-8-4-5-9-12-11;/h4-7,10-12,14-16H,1-3,8-9H2;1-6,8-9H;/q2*-1;/i4D,14D,16D;4D,5D,8D,9D;. The zero-order valence-corrected chi connectivity index (χ0v) is 23.7. The normalized spacial score (nSPS) is 16.9. The Kier molecular flexibility index (Phi) is 6.28. The van der Waals surface area contributed by atoms with E-state index in [1.165, 1.54) is 16.5 Å². The van der Waals surface area contributed by atoms with E-state index in [1.54, 1.807) is 47.9 Å². The largest absolute Gasteiger partial charge is 0.305 e. The zero-order valence-electron chi connectivity index (χ0n) is 27.5. The van der Waals surface area contributed by atoms with Crippen LogP contribution in [0.4, 0.5) is 0 Å². The first kappa shape index (κ1) is 19.0. The fourth-order valence-electron chi connectivity index (χ4n) is 4.78. The Bertz CT molecular complexity index is 1990. The third-order valence-corrected chi connectivity index (χ3v) is 7.79. The van der Waals surface area contributed by atoms with E-state index in [0.29, 0.717) is 11.3 Å². The van der Waals surface area contributed by atoms with Crippen molar-refractivity contribution in [2.75, 3.05) is 0 Å². The zero-order chi connectivity index (χ0) is 31.0. The molecule has 0 aliphatic heterocycles. The average molecular weight is 696 g/mol. The van der Waals surface area contributed by atoms with Crippen LogP contribution < -0.4 is 0 Å². The van der Waals surface area contributed by atoms with Gasteiger partial charge in [-0.05, 0) is 57.9 Å². The maximum absolute atomic E-state index is 9.13. The maximum Gasteiger partial charge on any atom is 0.0830 e. The average Bonchev–Trinajstić information content (AvgIpc) is 3.43. The van der Waals surface area contributed by atoms with Gasteiger partial charge in [-0.3, -0.25) is 0 Å². The van der Waals surface area contributed by atoms with Crippen LogP contribution >= 0.6 is 11.3 Å². The first-order valence-electron chi connectivity index (χ1n) is 15.9. The summed E-state index contributed by atoms with van der Waals surface area (Å²) in [4.78, 5) is 8.23. The fraction of sp³-hybridized carbons (Fsp3) is 0.176. The summed E-state index contributed by atoms with van der Waals surface area (Å²) in [6.07, 6.45) is 6.59. The predicted octanol–water partition coefficient (Wildman–Crippen LogP) is 9.51. The van der Waals surface area contributed by atoms with Gasteiger partial charge in [0.25, 0.3) is 0 Å². The summed E-state index contributed by atoms with van der Waals surface area (Å²) in [5, 5.41) is 2.28. The molecule has 1 fully saturated rings. The number of rotatable bonds is 3. The molecule has 4 heteroatoms. The number of thiophene rings is 1. The van der Waals surface area contributed by atoms with Crippen LogP contribution in [-0.4, -0.2) is 9.97 Å². The molecule has 0 atom stereocenters. The SMILES string of the molecule is [2H]c1ccnc(-c2[c-]ccc3c2sc2c(C4([2H])CCCCC4)cccc23)c1[2H].[2H]c1nc(-c2[c-]cccc2)c([2H])c([2H])c1[2H].[Ir]. The molecule has 38 heavy (non-hydrogen) atoms. The number of hydrogen-bond acceptors (Lipinski definition) is 3. The summed E-state index contributed by atoms with van der Waals surface area (Å²) in [6, 6.07) is 24.5. The number of hydrogen-bond donors (Lipinski definition) is 0. The van der Waals surface area contributed by atoms with Crippen LogP contribution in [0, 0.1) is 12.1 Å². The molecule has 3 aromatic heterocycles. The molecular formula is C34H28IrN2S-2. The summed E-state index contributed by atoms with van der Waals surface area (Å²) in [5.74, 6) is -0.511.